The Kier molecular flexibility index (Phi) is 4.75. The highest BCUT2D eigenvalue weighted by Gasteiger charge is 2.59. The van der Waals surface area contributed by atoms with E-state index < -0.39 is 21.3 Å². The summed E-state index contributed by atoms with van der Waals surface area (Å²) in [6.45, 7) is 4.65. The second kappa shape index (κ2) is 7.54. The number of benzene rings is 4. The third-order valence-corrected chi connectivity index (χ3v) is 8.24. The molecule has 4 aromatic carbocycles. The topological polar surface area (TPSA) is 79.2 Å². The molecule has 2 heterocycles. The molecule has 1 atom stereocenters. The fourth-order valence-electron chi connectivity index (χ4n) is 5.71. The zero-order valence-electron chi connectivity index (χ0n) is 19.6. The van der Waals surface area contributed by atoms with Crippen LogP contribution in [0.5, 0.6) is 5.75 Å². The molecule has 1 spiro atoms. The van der Waals surface area contributed by atoms with E-state index in [-0.39, 0.29) is 12.2 Å². The largest absolute Gasteiger partial charge is 0.459 e. The average Bonchev–Trinajstić information content (AvgIpc) is 3.02. The first kappa shape index (κ1) is 22.1. The minimum Gasteiger partial charge on any atom is -0.459 e. The highest BCUT2D eigenvalue weighted by molar-refractivity contribution is 7.85. The van der Waals surface area contributed by atoms with Gasteiger partial charge in [-0.05, 0) is 42.7 Å². The Morgan fingerprint density at radius 3 is 2.20 bits per heavy atom. The van der Waals surface area contributed by atoms with Crippen LogP contribution in [0.15, 0.2) is 77.8 Å². The molecule has 0 saturated carbocycles. The van der Waals surface area contributed by atoms with E-state index in [9.17, 15) is 13.0 Å². The van der Waals surface area contributed by atoms with Crippen molar-refractivity contribution in [3.8, 4) is 5.75 Å². The molecule has 2 aliphatic heterocycles. The van der Waals surface area contributed by atoms with Crippen LogP contribution < -0.4 is 9.64 Å². The van der Waals surface area contributed by atoms with E-state index >= 15 is 0 Å². The summed E-state index contributed by atoms with van der Waals surface area (Å²) in [6, 6.07) is 24.5. The molecule has 0 aromatic heterocycles. The van der Waals surface area contributed by atoms with Crippen LogP contribution in [0, 0.1) is 0 Å². The normalized spacial score (nSPS) is 20.3. The molecular formula is C28H26N2O4S. The Morgan fingerprint density at radius 1 is 0.886 bits per heavy atom. The minimum atomic E-state index is -4.07. The van der Waals surface area contributed by atoms with Crippen LogP contribution >= 0.6 is 0 Å². The predicted octanol–water partition coefficient (Wildman–Crippen LogP) is 5.86. The number of para-hydroxylation sites is 1. The van der Waals surface area contributed by atoms with Gasteiger partial charge in [-0.15, -0.1) is 0 Å². The summed E-state index contributed by atoms with van der Waals surface area (Å²) in [4.78, 5) is 7.13. The van der Waals surface area contributed by atoms with Gasteiger partial charge >= 0.3 is 0 Å². The molecule has 6 nitrogen and oxygen atoms in total. The standard InChI is InChI=1S/C28H26N2O4S/c1-27(2)23-14-7-8-15-24(23)30(16-9-17-35(31,32)33)28(27)18-29-25-21-12-5-3-10-19(21)20-11-4-6-13-22(20)26(25)34-28/h3-8,10-15,18H,9,16-17H2,1-2H3,(H,31,32,33). The Labute approximate surface area is 204 Å². The van der Waals surface area contributed by atoms with E-state index in [4.69, 9.17) is 9.73 Å². The van der Waals surface area contributed by atoms with Crippen LogP contribution in [0.1, 0.15) is 25.8 Å². The summed E-state index contributed by atoms with van der Waals surface area (Å²) in [6.07, 6.45) is 2.14. The van der Waals surface area contributed by atoms with Crippen LogP contribution in [-0.4, -0.2) is 37.2 Å². The van der Waals surface area contributed by atoms with E-state index in [0.717, 1.165) is 44.2 Å². The predicted molar refractivity (Wildman–Crippen MR) is 141 cm³/mol. The van der Waals surface area contributed by atoms with Crippen molar-refractivity contribution in [2.75, 3.05) is 17.2 Å². The van der Waals surface area contributed by atoms with Crippen molar-refractivity contribution in [1.29, 1.82) is 0 Å². The summed E-state index contributed by atoms with van der Waals surface area (Å²) in [5.41, 5.74) is 1.43. The Morgan fingerprint density at radius 2 is 1.49 bits per heavy atom. The summed E-state index contributed by atoms with van der Waals surface area (Å²) in [5, 5.41) is 4.23. The van der Waals surface area contributed by atoms with Crippen molar-refractivity contribution < 1.29 is 17.7 Å². The Bertz CT molecular complexity index is 1630. The SMILES string of the molecule is CC1(C)c2ccccc2N(CCCS(=O)(=O)O)C12C=Nc1c(c3ccccc3c3ccccc13)O2. The first-order valence-corrected chi connectivity index (χ1v) is 13.3. The fraction of sp³-hybridized carbons (Fsp3) is 0.250. The maximum Gasteiger partial charge on any atom is 0.264 e. The third-order valence-electron chi connectivity index (χ3n) is 7.43. The second-order valence-electron chi connectivity index (χ2n) is 9.76. The van der Waals surface area contributed by atoms with Crippen molar-refractivity contribution in [2.45, 2.75) is 31.4 Å². The molecule has 1 N–H and O–H groups in total. The van der Waals surface area contributed by atoms with Crippen molar-refractivity contribution in [1.82, 2.24) is 0 Å². The average molecular weight is 487 g/mol. The number of anilines is 1. The quantitative estimate of drug-likeness (QED) is 0.289. The molecule has 0 aliphatic carbocycles. The van der Waals surface area contributed by atoms with Gasteiger partial charge in [0, 0.05) is 23.0 Å². The zero-order valence-corrected chi connectivity index (χ0v) is 20.4. The Hall–Kier alpha value is -3.42. The monoisotopic (exact) mass is 486 g/mol. The van der Waals surface area contributed by atoms with Crippen molar-refractivity contribution in [2.24, 2.45) is 4.99 Å². The van der Waals surface area contributed by atoms with Crippen molar-refractivity contribution in [3.63, 3.8) is 0 Å². The van der Waals surface area contributed by atoms with Crippen LogP contribution in [0.25, 0.3) is 21.5 Å². The van der Waals surface area contributed by atoms with Gasteiger partial charge < -0.3 is 9.64 Å². The van der Waals surface area contributed by atoms with Crippen molar-refractivity contribution >= 4 is 49.3 Å². The highest BCUT2D eigenvalue weighted by Crippen LogP contribution is 2.56. The summed E-state index contributed by atoms with van der Waals surface area (Å²) < 4.78 is 39.3. The number of ether oxygens (including phenoxy) is 1. The molecule has 1 unspecified atom stereocenters. The number of hydrogen-bond acceptors (Lipinski definition) is 5. The molecule has 0 radical (unpaired) electrons. The van der Waals surface area contributed by atoms with Gasteiger partial charge in [0.1, 0.15) is 5.69 Å². The van der Waals surface area contributed by atoms with E-state index in [0.29, 0.717) is 6.54 Å². The molecule has 35 heavy (non-hydrogen) atoms. The number of rotatable bonds is 4. The van der Waals surface area contributed by atoms with Gasteiger partial charge in [-0.25, -0.2) is 0 Å². The number of fused-ring (bicyclic) bond motifs is 7. The molecular weight excluding hydrogens is 460 g/mol. The molecule has 0 fully saturated rings. The molecule has 4 aromatic rings. The van der Waals surface area contributed by atoms with Gasteiger partial charge in [0.15, 0.2) is 5.75 Å². The molecule has 7 heteroatoms. The summed E-state index contributed by atoms with van der Waals surface area (Å²) >= 11 is 0. The molecule has 2 aliphatic rings. The lowest BCUT2D eigenvalue weighted by atomic mass is 9.77. The lowest BCUT2D eigenvalue weighted by Gasteiger charge is -2.46. The van der Waals surface area contributed by atoms with Gasteiger partial charge in [0.25, 0.3) is 10.1 Å². The Balaban J connectivity index is 1.57. The lowest BCUT2D eigenvalue weighted by Crippen LogP contribution is -2.62. The van der Waals surface area contributed by atoms with Gasteiger partial charge in [-0.3, -0.25) is 9.55 Å². The van der Waals surface area contributed by atoms with Crippen LogP contribution in [0.4, 0.5) is 11.4 Å². The molecule has 178 valence electrons. The highest BCUT2D eigenvalue weighted by atomic mass is 32.2. The minimum absolute atomic E-state index is 0.257. The number of hydrogen-bond donors (Lipinski definition) is 1. The summed E-state index contributed by atoms with van der Waals surface area (Å²) in [5.74, 6) is 0.409. The third kappa shape index (κ3) is 3.18. The van der Waals surface area contributed by atoms with Gasteiger partial charge in [0.2, 0.25) is 5.72 Å². The zero-order chi connectivity index (χ0) is 24.4. The molecule has 0 amide bonds. The van der Waals surface area contributed by atoms with E-state index in [1.807, 2.05) is 48.7 Å². The van der Waals surface area contributed by atoms with Gasteiger partial charge in [-0.2, -0.15) is 8.42 Å². The van der Waals surface area contributed by atoms with E-state index in [2.05, 4.69) is 49.1 Å². The molecule has 0 bridgehead atoms. The van der Waals surface area contributed by atoms with Gasteiger partial charge in [-0.1, -0.05) is 66.7 Å². The lowest BCUT2D eigenvalue weighted by molar-refractivity contribution is 0.0795. The van der Waals surface area contributed by atoms with E-state index in [1.54, 1.807) is 0 Å². The van der Waals surface area contributed by atoms with Crippen LogP contribution in [0.3, 0.4) is 0 Å². The van der Waals surface area contributed by atoms with Crippen molar-refractivity contribution in [3.05, 3.63) is 78.4 Å². The summed E-state index contributed by atoms with van der Waals surface area (Å²) in [7, 11) is -4.07. The van der Waals surface area contributed by atoms with Crippen LogP contribution in [0.2, 0.25) is 0 Å². The molecule has 6 rings (SSSR count). The molecule has 0 saturated heterocycles. The first-order chi connectivity index (χ1) is 16.7. The smallest absolute Gasteiger partial charge is 0.264 e. The van der Waals surface area contributed by atoms with E-state index in [1.165, 1.54) is 0 Å². The number of aliphatic imine (C=N–C) groups is 1. The van der Waals surface area contributed by atoms with Crippen LogP contribution in [-0.2, 0) is 15.5 Å². The second-order valence-corrected chi connectivity index (χ2v) is 11.3. The van der Waals surface area contributed by atoms with Gasteiger partial charge in [0.05, 0.1) is 17.4 Å². The maximum atomic E-state index is 11.5. The number of nitrogens with zero attached hydrogens (tertiary/aromatic N) is 2. The fourth-order valence-corrected chi connectivity index (χ4v) is 6.20. The maximum absolute atomic E-state index is 11.5. The first-order valence-electron chi connectivity index (χ1n) is 11.7.